The molecule has 0 radical (unpaired) electrons. The summed E-state index contributed by atoms with van der Waals surface area (Å²) in [5, 5.41) is 3.90. The molecule has 118 valence electrons. The molecule has 0 atom stereocenters. The highest BCUT2D eigenvalue weighted by molar-refractivity contribution is 7.99. The molecule has 0 spiro atoms. The van der Waals surface area contributed by atoms with Crippen LogP contribution in [0.1, 0.15) is 15.9 Å². The first-order valence-corrected chi connectivity index (χ1v) is 7.32. The van der Waals surface area contributed by atoms with E-state index in [2.05, 4.69) is 22.7 Å². The summed E-state index contributed by atoms with van der Waals surface area (Å²) in [6.45, 7) is -0.0921. The standard InChI is InChI=1S/C13H12F2N2O3S2/c1-19-12(18)8-3-2-4-10(22-13(14)15)9(8)7-20-11-5-6-17(21)16-11/h2-6,13,21H,7H2,1H3. The van der Waals surface area contributed by atoms with Crippen LogP contribution in [0.2, 0.25) is 0 Å². The zero-order valence-corrected chi connectivity index (χ0v) is 13.1. The summed E-state index contributed by atoms with van der Waals surface area (Å²) in [6, 6.07) is 6.08. The van der Waals surface area contributed by atoms with Gasteiger partial charge in [-0.2, -0.15) is 8.78 Å². The number of benzene rings is 1. The highest BCUT2D eigenvalue weighted by Gasteiger charge is 2.19. The number of rotatable bonds is 6. The Kier molecular flexibility index (Phi) is 5.67. The molecule has 0 saturated carbocycles. The number of hydrogen-bond acceptors (Lipinski definition) is 6. The number of thiol groups is 1. The summed E-state index contributed by atoms with van der Waals surface area (Å²) in [5.74, 6) is -2.96. The number of ether oxygens (including phenoxy) is 2. The van der Waals surface area contributed by atoms with Crippen LogP contribution in [-0.2, 0) is 11.3 Å². The monoisotopic (exact) mass is 346 g/mol. The predicted molar refractivity (Wildman–Crippen MR) is 80.6 cm³/mol. The fourth-order valence-corrected chi connectivity index (χ4v) is 2.56. The summed E-state index contributed by atoms with van der Waals surface area (Å²) < 4.78 is 36.7. The second-order valence-corrected chi connectivity index (χ2v) is 5.46. The molecule has 5 nitrogen and oxygen atoms in total. The van der Waals surface area contributed by atoms with E-state index in [1.165, 1.54) is 29.4 Å². The number of aromatic nitrogens is 2. The Morgan fingerprint density at radius 2 is 2.23 bits per heavy atom. The van der Waals surface area contributed by atoms with Crippen LogP contribution in [0, 0.1) is 0 Å². The minimum atomic E-state index is -2.61. The number of esters is 1. The van der Waals surface area contributed by atoms with E-state index in [1.54, 1.807) is 12.3 Å². The van der Waals surface area contributed by atoms with Crippen LogP contribution in [0.15, 0.2) is 35.4 Å². The van der Waals surface area contributed by atoms with Gasteiger partial charge in [0.1, 0.15) is 6.61 Å². The fourth-order valence-electron chi connectivity index (χ4n) is 1.74. The molecular formula is C13H12F2N2O3S2. The van der Waals surface area contributed by atoms with Gasteiger partial charge in [-0.1, -0.05) is 17.8 Å². The molecule has 0 aliphatic rings. The molecule has 1 aromatic carbocycles. The topological polar surface area (TPSA) is 53.4 Å². The van der Waals surface area contributed by atoms with Crippen LogP contribution < -0.4 is 4.74 Å². The van der Waals surface area contributed by atoms with Crippen LogP contribution in [0.5, 0.6) is 5.88 Å². The molecule has 0 aliphatic heterocycles. The Morgan fingerprint density at radius 3 is 2.82 bits per heavy atom. The van der Waals surface area contributed by atoms with Gasteiger partial charge in [0, 0.05) is 22.7 Å². The number of halogens is 2. The summed E-state index contributed by atoms with van der Waals surface area (Å²) in [7, 11) is 1.22. The van der Waals surface area contributed by atoms with Crippen molar-refractivity contribution < 1.29 is 23.0 Å². The molecule has 0 aliphatic carbocycles. The average Bonchev–Trinajstić information content (AvgIpc) is 2.90. The van der Waals surface area contributed by atoms with Crippen molar-refractivity contribution in [3.63, 3.8) is 0 Å². The van der Waals surface area contributed by atoms with Crippen molar-refractivity contribution in [2.45, 2.75) is 17.3 Å². The van der Waals surface area contributed by atoms with Gasteiger partial charge >= 0.3 is 5.97 Å². The Hall–Kier alpha value is -1.74. The lowest BCUT2D eigenvalue weighted by Gasteiger charge is -2.13. The van der Waals surface area contributed by atoms with Crippen LogP contribution in [0.3, 0.4) is 0 Å². The van der Waals surface area contributed by atoms with Crippen molar-refractivity contribution >= 4 is 30.5 Å². The van der Waals surface area contributed by atoms with Gasteiger partial charge in [-0.05, 0) is 24.9 Å². The third-order valence-electron chi connectivity index (χ3n) is 2.67. The third-order valence-corrected chi connectivity index (χ3v) is 3.71. The number of carbonyl (C=O) groups excluding carboxylic acids is 1. The molecular weight excluding hydrogens is 334 g/mol. The molecule has 0 fully saturated rings. The highest BCUT2D eigenvalue weighted by atomic mass is 32.2. The SMILES string of the molecule is COC(=O)c1cccc(SC(F)F)c1COc1ccn(S)n1. The summed E-state index contributed by atoms with van der Waals surface area (Å²) in [4.78, 5) is 12.0. The lowest BCUT2D eigenvalue weighted by molar-refractivity contribution is 0.0597. The van der Waals surface area contributed by atoms with E-state index in [0.717, 1.165) is 0 Å². The smallest absolute Gasteiger partial charge is 0.338 e. The molecule has 2 rings (SSSR count). The number of nitrogens with zero attached hydrogens (tertiary/aromatic N) is 2. The zero-order chi connectivity index (χ0) is 16.1. The van der Waals surface area contributed by atoms with Crippen LogP contribution in [0.25, 0.3) is 0 Å². The largest absolute Gasteiger partial charge is 0.472 e. The van der Waals surface area contributed by atoms with E-state index < -0.39 is 11.7 Å². The molecule has 0 amide bonds. The maximum Gasteiger partial charge on any atom is 0.338 e. The minimum Gasteiger partial charge on any atom is -0.472 e. The lowest BCUT2D eigenvalue weighted by atomic mass is 10.1. The van der Waals surface area contributed by atoms with Crippen molar-refractivity contribution in [3.8, 4) is 5.88 Å². The Labute approximate surface area is 135 Å². The Balaban J connectivity index is 2.29. The molecule has 0 N–H and O–H groups in total. The van der Waals surface area contributed by atoms with Gasteiger partial charge < -0.3 is 9.47 Å². The van der Waals surface area contributed by atoms with Crippen molar-refractivity contribution in [3.05, 3.63) is 41.6 Å². The van der Waals surface area contributed by atoms with E-state index in [4.69, 9.17) is 4.74 Å². The maximum absolute atomic E-state index is 12.7. The lowest BCUT2D eigenvalue weighted by Crippen LogP contribution is -2.10. The van der Waals surface area contributed by atoms with Crippen LogP contribution in [0.4, 0.5) is 8.78 Å². The molecule has 9 heteroatoms. The van der Waals surface area contributed by atoms with E-state index in [9.17, 15) is 13.6 Å². The molecule has 22 heavy (non-hydrogen) atoms. The van der Waals surface area contributed by atoms with Crippen LogP contribution in [-0.4, -0.2) is 28.0 Å². The zero-order valence-electron chi connectivity index (χ0n) is 11.4. The molecule has 1 heterocycles. The van der Waals surface area contributed by atoms with Crippen molar-refractivity contribution in [1.82, 2.24) is 9.19 Å². The first-order chi connectivity index (χ1) is 10.5. The summed E-state index contributed by atoms with van der Waals surface area (Å²) in [5.41, 5.74) is 0.506. The second kappa shape index (κ2) is 7.50. The van der Waals surface area contributed by atoms with E-state index >= 15 is 0 Å². The summed E-state index contributed by atoms with van der Waals surface area (Å²) >= 11 is 4.31. The molecule has 0 bridgehead atoms. The van der Waals surface area contributed by atoms with E-state index in [0.29, 0.717) is 17.3 Å². The third kappa shape index (κ3) is 4.14. The van der Waals surface area contributed by atoms with Gasteiger partial charge in [-0.25, -0.2) is 8.88 Å². The van der Waals surface area contributed by atoms with Crippen molar-refractivity contribution in [1.29, 1.82) is 0 Å². The maximum atomic E-state index is 12.7. The first-order valence-electron chi connectivity index (χ1n) is 6.04. The van der Waals surface area contributed by atoms with E-state index in [1.807, 2.05) is 0 Å². The van der Waals surface area contributed by atoms with E-state index in [-0.39, 0.29) is 22.9 Å². The summed E-state index contributed by atoms with van der Waals surface area (Å²) in [6.07, 6.45) is 1.56. The predicted octanol–water partition coefficient (Wildman–Crippen LogP) is 3.26. The quantitative estimate of drug-likeness (QED) is 0.494. The van der Waals surface area contributed by atoms with Gasteiger partial charge in [0.25, 0.3) is 5.76 Å². The molecule has 0 saturated heterocycles. The molecule has 1 aromatic heterocycles. The van der Waals surface area contributed by atoms with Crippen molar-refractivity contribution in [2.24, 2.45) is 0 Å². The number of alkyl halides is 2. The van der Waals surface area contributed by atoms with Gasteiger partial charge in [0.2, 0.25) is 5.88 Å². The van der Waals surface area contributed by atoms with Crippen molar-refractivity contribution in [2.75, 3.05) is 7.11 Å². The van der Waals surface area contributed by atoms with Gasteiger partial charge in [0.15, 0.2) is 0 Å². The van der Waals surface area contributed by atoms with Crippen LogP contribution >= 0.6 is 24.6 Å². The Bertz CT molecular complexity index is 664. The van der Waals surface area contributed by atoms with Gasteiger partial charge in [-0.3, -0.25) is 0 Å². The average molecular weight is 346 g/mol. The first kappa shape index (κ1) is 16.6. The molecule has 2 aromatic rings. The highest BCUT2D eigenvalue weighted by Crippen LogP contribution is 2.31. The molecule has 0 unspecified atom stereocenters. The number of hydrogen-bond donors (Lipinski definition) is 1. The van der Waals surface area contributed by atoms with Gasteiger partial charge in [0.05, 0.1) is 12.7 Å². The van der Waals surface area contributed by atoms with Gasteiger partial charge in [-0.15, -0.1) is 5.10 Å². The number of carbonyl (C=O) groups is 1. The second-order valence-electron chi connectivity index (χ2n) is 4.02. The number of methoxy groups -OCH3 is 1. The normalized spacial score (nSPS) is 10.8. The number of thioether (sulfide) groups is 1. The Morgan fingerprint density at radius 1 is 1.45 bits per heavy atom. The fraction of sp³-hybridized carbons (Fsp3) is 0.231. The minimum absolute atomic E-state index is 0.0921.